The summed E-state index contributed by atoms with van der Waals surface area (Å²) in [7, 11) is 0. The highest BCUT2D eigenvalue weighted by molar-refractivity contribution is 5.97. The van der Waals surface area contributed by atoms with E-state index < -0.39 is 0 Å². The molecule has 4 nitrogen and oxygen atoms in total. The maximum absolute atomic E-state index is 12.1. The van der Waals surface area contributed by atoms with Gasteiger partial charge in [-0.15, -0.1) is 0 Å². The van der Waals surface area contributed by atoms with Crippen molar-refractivity contribution < 1.29 is 9.53 Å². The van der Waals surface area contributed by atoms with Crippen LogP contribution in [0.15, 0.2) is 6.20 Å². The normalized spacial score (nSPS) is 21.7. The van der Waals surface area contributed by atoms with Gasteiger partial charge in [-0.25, -0.2) is 9.97 Å². The predicted octanol–water partition coefficient (Wildman–Crippen LogP) is 3.58. The van der Waals surface area contributed by atoms with Crippen molar-refractivity contribution in [3.63, 3.8) is 0 Å². The first kappa shape index (κ1) is 14.6. The molecule has 1 heterocycles. The van der Waals surface area contributed by atoms with E-state index in [0.29, 0.717) is 13.0 Å². The van der Waals surface area contributed by atoms with Crippen LogP contribution in [0.1, 0.15) is 80.2 Å². The fraction of sp³-hybridized carbons (Fsp3) is 0.706. The number of fused-ring (bicyclic) bond motifs is 1. The minimum atomic E-state index is -0.322. The van der Waals surface area contributed by atoms with E-state index in [4.69, 9.17) is 9.72 Å². The number of ether oxygens (including phenoxy) is 1. The Morgan fingerprint density at radius 2 is 1.90 bits per heavy atom. The molecule has 0 N–H and O–H groups in total. The lowest BCUT2D eigenvalue weighted by Crippen LogP contribution is -2.35. The smallest absolute Gasteiger partial charge is 0.166 e. The zero-order valence-corrected chi connectivity index (χ0v) is 12.9. The molecule has 0 amide bonds. The number of ketones is 1. The fourth-order valence-electron chi connectivity index (χ4n) is 3.60. The first-order chi connectivity index (χ1) is 10.2. The Morgan fingerprint density at radius 3 is 2.67 bits per heavy atom. The molecule has 0 bridgehead atoms. The van der Waals surface area contributed by atoms with Crippen molar-refractivity contribution >= 4 is 5.78 Å². The van der Waals surface area contributed by atoms with Gasteiger partial charge in [0.2, 0.25) is 0 Å². The second kappa shape index (κ2) is 6.22. The van der Waals surface area contributed by atoms with Crippen molar-refractivity contribution in [3.05, 3.63) is 23.3 Å². The molecule has 2 aliphatic carbocycles. The van der Waals surface area contributed by atoms with E-state index in [9.17, 15) is 4.79 Å². The van der Waals surface area contributed by atoms with Gasteiger partial charge in [0.05, 0.1) is 11.3 Å². The monoisotopic (exact) mass is 288 g/mol. The highest BCUT2D eigenvalue weighted by Crippen LogP contribution is 2.39. The number of carbonyl (C=O) groups excluding carboxylic acids is 1. The Kier molecular flexibility index (Phi) is 4.34. The Morgan fingerprint density at radius 1 is 1.14 bits per heavy atom. The van der Waals surface area contributed by atoms with Crippen LogP contribution in [0.4, 0.5) is 0 Å². The number of hydrogen-bond donors (Lipinski definition) is 0. The quantitative estimate of drug-likeness (QED) is 0.798. The molecule has 4 heteroatoms. The Labute approximate surface area is 126 Å². The van der Waals surface area contributed by atoms with Crippen LogP contribution in [0.25, 0.3) is 0 Å². The number of Topliss-reactive ketones (excluding diaryl/α,β-unsaturated/α-hetero) is 1. The minimum Gasteiger partial charge on any atom is -0.367 e. The Bertz CT molecular complexity index is 516. The van der Waals surface area contributed by atoms with E-state index >= 15 is 0 Å². The highest BCUT2D eigenvalue weighted by atomic mass is 16.5. The molecular weight excluding hydrogens is 264 g/mol. The first-order valence-electron chi connectivity index (χ1n) is 8.29. The molecule has 1 saturated carbocycles. The number of aryl methyl sites for hydroxylation is 1. The molecular formula is C17H24N2O2. The summed E-state index contributed by atoms with van der Waals surface area (Å²) in [5.74, 6) is 1.00. The first-order valence-corrected chi connectivity index (χ1v) is 8.29. The largest absolute Gasteiger partial charge is 0.367 e. The minimum absolute atomic E-state index is 0.197. The van der Waals surface area contributed by atoms with Crippen LogP contribution >= 0.6 is 0 Å². The van der Waals surface area contributed by atoms with E-state index in [-0.39, 0.29) is 11.4 Å². The maximum Gasteiger partial charge on any atom is 0.166 e. The van der Waals surface area contributed by atoms with Crippen LogP contribution in [0.2, 0.25) is 0 Å². The van der Waals surface area contributed by atoms with Gasteiger partial charge in [-0.1, -0.05) is 19.3 Å². The van der Waals surface area contributed by atoms with Gasteiger partial charge in [-0.2, -0.15) is 0 Å². The average Bonchev–Trinajstić information content (AvgIpc) is 2.70. The van der Waals surface area contributed by atoms with Gasteiger partial charge in [-0.3, -0.25) is 4.79 Å². The van der Waals surface area contributed by atoms with E-state index in [1.807, 2.05) is 6.92 Å². The lowest BCUT2D eigenvalue weighted by Gasteiger charge is -2.35. The van der Waals surface area contributed by atoms with Crippen LogP contribution in [-0.4, -0.2) is 22.4 Å². The molecule has 0 aliphatic heterocycles. The van der Waals surface area contributed by atoms with E-state index in [1.54, 1.807) is 6.20 Å². The van der Waals surface area contributed by atoms with Crippen LogP contribution < -0.4 is 0 Å². The molecule has 0 spiro atoms. The maximum atomic E-state index is 12.1. The van der Waals surface area contributed by atoms with Crippen molar-refractivity contribution in [3.8, 4) is 0 Å². The van der Waals surface area contributed by atoms with Crippen molar-refractivity contribution in [2.45, 2.75) is 70.3 Å². The molecule has 1 aromatic rings. The van der Waals surface area contributed by atoms with Crippen LogP contribution in [-0.2, 0) is 16.8 Å². The highest BCUT2D eigenvalue weighted by Gasteiger charge is 2.38. The number of rotatable bonds is 3. The van der Waals surface area contributed by atoms with Crippen LogP contribution in [0.3, 0.4) is 0 Å². The van der Waals surface area contributed by atoms with Gasteiger partial charge in [0, 0.05) is 19.2 Å². The third-order valence-corrected chi connectivity index (χ3v) is 4.72. The molecule has 3 rings (SSSR count). The number of carbonyl (C=O) groups is 1. The molecule has 1 aromatic heterocycles. The molecule has 0 aromatic carbocycles. The standard InChI is InChI=1S/C17H24N2O2/c1-2-21-17(10-6-3-7-11-17)16-18-12-13-14(19-16)8-4-5-9-15(13)20/h12H,2-11H2,1H3. The number of aromatic nitrogens is 2. The van der Waals surface area contributed by atoms with Crippen molar-refractivity contribution in [2.75, 3.05) is 6.61 Å². The zero-order valence-electron chi connectivity index (χ0n) is 12.9. The summed E-state index contributed by atoms with van der Waals surface area (Å²) in [4.78, 5) is 21.4. The van der Waals surface area contributed by atoms with Gasteiger partial charge >= 0.3 is 0 Å². The molecule has 1 fully saturated rings. The third kappa shape index (κ3) is 2.86. The second-order valence-electron chi connectivity index (χ2n) is 6.17. The van der Waals surface area contributed by atoms with Gasteiger partial charge in [0.1, 0.15) is 5.60 Å². The third-order valence-electron chi connectivity index (χ3n) is 4.72. The lowest BCUT2D eigenvalue weighted by molar-refractivity contribution is -0.0768. The number of hydrogen-bond acceptors (Lipinski definition) is 4. The van der Waals surface area contributed by atoms with Crippen LogP contribution in [0.5, 0.6) is 0 Å². The summed E-state index contributed by atoms with van der Waals surface area (Å²) < 4.78 is 6.10. The molecule has 0 radical (unpaired) electrons. The molecule has 21 heavy (non-hydrogen) atoms. The average molecular weight is 288 g/mol. The fourth-order valence-corrected chi connectivity index (χ4v) is 3.60. The van der Waals surface area contributed by atoms with Crippen molar-refractivity contribution in [2.24, 2.45) is 0 Å². The predicted molar refractivity (Wildman–Crippen MR) is 80.3 cm³/mol. The molecule has 0 unspecified atom stereocenters. The van der Waals surface area contributed by atoms with Gasteiger partial charge < -0.3 is 4.74 Å². The van der Waals surface area contributed by atoms with Gasteiger partial charge in [0.25, 0.3) is 0 Å². The summed E-state index contributed by atoms with van der Waals surface area (Å²) in [6, 6.07) is 0. The summed E-state index contributed by atoms with van der Waals surface area (Å²) in [5, 5.41) is 0. The van der Waals surface area contributed by atoms with E-state index in [0.717, 1.165) is 49.2 Å². The van der Waals surface area contributed by atoms with Crippen LogP contribution in [0, 0.1) is 0 Å². The summed E-state index contributed by atoms with van der Waals surface area (Å²) in [5.41, 5.74) is 1.35. The molecule has 0 saturated heterocycles. The molecule has 0 atom stereocenters. The summed E-state index contributed by atoms with van der Waals surface area (Å²) >= 11 is 0. The summed E-state index contributed by atoms with van der Waals surface area (Å²) in [6.45, 7) is 2.71. The lowest BCUT2D eigenvalue weighted by atomic mass is 9.83. The Hall–Kier alpha value is -1.29. The van der Waals surface area contributed by atoms with Crippen molar-refractivity contribution in [1.29, 1.82) is 0 Å². The number of nitrogens with zero attached hydrogens (tertiary/aromatic N) is 2. The SMILES string of the molecule is CCOC1(c2ncc3c(n2)CCCCC3=O)CCCCC1. The van der Waals surface area contributed by atoms with E-state index in [1.165, 1.54) is 19.3 Å². The topological polar surface area (TPSA) is 52.1 Å². The van der Waals surface area contributed by atoms with Crippen molar-refractivity contribution in [1.82, 2.24) is 9.97 Å². The Balaban J connectivity index is 1.97. The second-order valence-corrected chi connectivity index (χ2v) is 6.17. The molecule has 114 valence electrons. The molecule has 2 aliphatic rings. The summed E-state index contributed by atoms with van der Waals surface area (Å²) in [6.07, 6.45) is 10.8. The van der Waals surface area contributed by atoms with Gasteiger partial charge in [-0.05, 0) is 39.0 Å². The van der Waals surface area contributed by atoms with E-state index in [2.05, 4.69) is 4.98 Å². The van der Waals surface area contributed by atoms with Gasteiger partial charge in [0.15, 0.2) is 11.6 Å². The zero-order chi connectivity index (χ0) is 14.7.